The van der Waals surface area contributed by atoms with Crippen molar-refractivity contribution < 1.29 is 9.53 Å². The number of halogens is 2. The Morgan fingerprint density at radius 2 is 1.73 bits per heavy atom. The Bertz CT molecular complexity index is 1290. The summed E-state index contributed by atoms with van der Waals surface area (Å²) in [5, 5.41) is 4.19. The van der Waals surface area contributed by atoms with Crippen molar-refractivity contribution in [2.45, 2.75) is 33.4 Å². The fourth-order valence-corrected chi connectivity index (χ4v) is 4.22. The third-order valence-electron chi connectivity index (χ3n) is 5.53. The number of ether oxygens (including phenoxy) is 1. The molecule has 0 saturated carbocycles. The van der Waals surface area contributed by atoms with Crippen molar-refractivity contribution in [1.82, 2.24) is 14.9 Å². The third-order valence-corrected chi connectivity index (χ3v) is 6.46. The summed E-state index contributed by atoms with van der Waals surface area (Å²) in [7, 11) is 0. The second kappa shape index (κ2) is 9.86. The minimum Gasteiger partial charge on any atom is -0.492 e. The Kier molecular flexibility index (Phi) is 6.91. The number of para-hydroxylation sites is 2. The van der Waals surface area contributed by atoms with Crippen molar-refractivity contribution in [1.29, 1.82) is 0 Å². The predicted molar refractivity (Wildman–Crippen MR) is 133 cm³/mol. The number of hydrogen-bond acceptors (Lipinski definition) is 3. The molecule has 4 rings (SSSR count). The number of aryl methyl sites for hydroxylation is 2. The number of rotatable bonds is 7. The summed E-state index contributed by atoms with van der Waals surface area (Å²) in [6.07, 6.45) is 0. The number of benzene rings is 3. The summed E-state index contributed by atoms with van der Waals surface area (Å²) in [6.45, 7) is 6.86. The Morgan fingerprint density at radius 3 is 2.45 bits per heavy atom. The van der Waals surface area contributed by atoms with Gasteiger partial charge in [0.15, 0.2) is 0 Å². The number of fused-ring (bicyclic) bond motifs is 1. The molecule has 5 nitrogen and oxygen atoms in total. The minimum absolute atomic E-state index is 0.241. The number of amides is 1. The van der Waals surface area contributed by atoms with Crippen LogP contribution in [0.5, 0.6) is 5.75 Å². The zero-order chi connectivity index (χ0) is 23.5. The molecule has 0 aliphatic carbocycles. The van der Waals surface area contributed by atoms with E-state index in [-0.39, 0.29) is 11.9 Å². The number of nitrogens with zero attached hydrogens (tertiary/aromatic N) is 2. The molecule has 1 aromatic heterocycles. The fraction of sp³-hybridized carbons (Fsp3) is 0.231. The molecule has 7 heteroatoms. The van der Waals surface area contributed by atoms with E-state index in [0.717, 1.165) is 38.8 Å². The first-order chi connectivity index (χ1) is 15.8. The van der Waals surface area contributed by atoms with E-state index in [1.807, 2.05) is 57.2 Å². The normalized spacial score (nSPS) is 12.0. The average molecular weight is 482 g/mol. The largest absolute Gasteiger partial charge is 0.492 e. The zero-order valence-corrected chi connectivity index (χ0v) is 20.2. The number of imidazole rings is 1. The van der Waals surface area contributed by atoms with Gasteiger partial charge in [0.2, 0.25) is 0 Å². The van der Waals surface area contributed by atoms with E-state index in [9.17, 15) is 4.79 Å². The van der Waals surface area contributed by atoms with Gasteiger partial charge in [0, 0.05) is 5.02 Å². The van der Waals surface area contributed by atoms with Gasteiger partial charge in [-0.25, -0.2) is 4.98 Å². The molecule has 1 amide bonds. The van der Waals surface area contributed by atoms with E-state index >= 15 is 0 Å². The van der Waals surface area contributed by atoms with Gasteiger partial charge in [-0.3, -0.25) is 4.79 Å². The van der Waals surface area contributed by atoms with Gasteiger partial charge in [-0.2, -0.15) is 0 Å². The zero-order valence-electron chi connectivity index (χ0n) is 18.7. The number of aromatic nitrogens is 2. The van der Waals surface area contributed by atoms with Gasteiger partial charge in [0.25, 0.3) is 5.91 Å². The molecule has 0 aliphatic rings. The monoisotopic (exact) mass is 481 g/mol. The van der Waals surface area contributed by atoms with E-state index in [1.165, 1.54) is 0 Å². The van der Waals surface area contributed by atoms with E-state index < -0.39 is 0 Å². The Balaban J connectivity index is 1.55. The number of carbonyl (C=O) groups excluding carboxylic acids is 1. The first kappa shape index (κ1) is 23.1. The molecule has 0 spiro atoms. The smallest absolute Gasteiger partial charge is 0.253 e. The maximum atomic E-state index is 12.8. The predicted octanol–water partition coefficient (Wildman–Crippen LogP) is 6.53. The van der Waals surface area contributed by atoms with Crippen molar-refractivity contribution in [2.24, 2.45) is 0 Å². The summed E-state index contributed by atoms with van der Waals surface area (Å²) >= 11 is 12.5. The lowest BCUT2D eigenvalue weighted by molar-refractivity contribution is 0.0937. The number of carbonyl (C=O) groups is 1. The highest BCUT2D eigenvalue weighted by Crippen LogP contribution is 2.26. The fourth-order valence-electron chi connectivity index (χ4n) is 3.89. The van der Waals surface area contributed by atoms with Crippen LogP contribution in [0, 0.1) is 13.8 Å². The SMILES string of the molecule is Cc1cc(OCCn2c(C(C)NC(=O)c3ccccc3Cl)nc3ccccc32)cc(C)c1Cl. The van der Waals surface area contributed by atoms with Crippen molar-refractivity contribution in [3.8, 4) is 5.75 Å². The van der Waals surface area contributed by atoms with Crippen LogP contribution < -0.4 is 10.1 Å². The molecule has 1 heterocycles. The Morgan fingerprint density at radius 1 is 1.06 bits per heavy atom. The number of hydrogen-bond donors (Lipinski definition) is 1. The lowest BCUT2D eigenvalue weighted by atomic mass is 10.1. The highest BCUT2D eigenvalue weighted by molar-refractivity contribution is 6.33. The van der Waals surface area contributed by atoms with Crippen molar-refractivity contribution in [3.05, 3.63) is 93.2 Å². The van der Waals surface area contributed by atoms with Crippen LogP contribution in [0.25, 0.3) is 11.0 Å². The van der Waals surface area contributed by atoms with Crippen molar-refractivity contribution in [2.75, 3.05) is 6.61 Å². The van der Waals surface area contributed by atoms with Gasteiger partial charge in [-0.15, -0.1) is 0 Å². The van der Waals surface area contributed by atoms with Gasteiger partial charge >= 0.3 is 0 Å². The van der Waals surface area contributed by atoms with E-state index in [1.54, 1.807) is 24.3 Å². The highest BCUT2D eigenvalue weighted by Gasteiger charge is 2.20. The molecule has 33 heavy (non-hydrogen) atoms. The first-order valence-electron chi connectivity index (χ1n) is 10.7. The molecule has 0 aliphatic heterocycles. The molecular formula is C26H25Cl2N3O2. The maximum absolute atomic E-state index is 12.8. The van der Waals surface area contributed by atoms with Crippen molar-refractivity contribution >= 4 is 40.1 Å². The second-order valence-electron chi connectivity index (χ2n) is 8.00. The third kappa shape index (κ3) is 5.00. The average Bonchev–Trinajstić information content (AvgIpc) is 3.16. The van der Waals surface area contributed by atoms with Crippen LogP contribution in [0.15, 0.2) is 60.7 Å². The molecule has 0 fully saturated rings. The minimum atomic E-state index is -0.332. The standard InChI is InChI=1S/C26H25Cl2N3O2/c1-16-14-19(15-17(2)24(16)28)33-13-12-31-23-11-7-6-10-22(23)30-25(31)18(3)29-26(32)20-8-4-5-9-21(20)27/h4-11,14-15,18H,12-13H2,1-3H3,(H,29,32). The second-order valence-corrected chi connectivity index (χ2v) is 8.79. The van der Waals surface area contributed by atoms with Gasteiger partial charge in [-0.1, -0.05) is 47.5 Å². The van der Waals surface area contributed by atoms with Crippen molar-refractivity contribution in [3.63, 3.8) is 0 Å². The maximum Gasteiger partial charge on any atom is 0.253 e. The molecule has 170 valence electrons. The molecule has 4 aromatic rings. The van der Waals surface area contributed by atoms with Crippen LogP contribution in [-0.2, 0) is 6.54 Å². The molecule has 1 unspecified atom stereocenters. The summed E-state index contributed by atoms with van der Waals surface area (Å²) in [5.41, 5.74) is 4.25. The van der Waals surface area contributed by atoms with Crippen LogP contribution in [0.1, 0.15) is 40.3 Å². The molecular weight excluding hydrogens is 457 g/mol. The van der Waals surface area contributed by atoms with E-state index in [0.29, 0.717) is 23.7 Å². The lowest BCUT2D eigenvalue weighted by Crippen LogP contribution is -2.29. The van der Waals surface area contributed by atoms with Gasteiger partial charge < -0.3 is 14.6 Å². The molecule has 0 bridgehead atoms. The summed E-state index contributed by atoms with van der Waals surface area (Å²) < 4.78 is 8.12. The van der Waals surface area contributed by atoms with Crippen LogP contribution in [0.3, 0.4) is 0 Å². The molecule has 3 aromatic carbocycles. The van der Waals surface area contributed by atoms with Gasteiger partial charge in [-0.05, 0) is 68.3 Å². The molecule has 0 radical (unpaired) electrons. The summed E-state index contributed by atoms with van der Waals surface area (Å²) in [6, 6.07) is 18.5. The quantitative estimate of drug-likeness (QED) is 0.326. The lowest BCUT2D eigenvalue weighted by Gasteiger charge is -2.17. The Hall–Kier alpha value is -3.02. The van der Waals surface area contributed by atoms with E-state index in [2.05, 4.69) is 9.88 Å². The topological polar surface area (TPSA) is 56.1 Å². The summed E-state index contributed by atoms with van der Waals surface area (Å²) in [4.78, 5) is 17.6. The van der Waals surface area contributed by atoms with E-state index in [4.69, 9.17) is 32.9 Å². The van der Waals surface area contributed by atoms with Gasteiger partial charge in [0.1, 0.15) is 18.2 Å². The summed E-state index contributed by atoms with van der Waals surface area (Å²) in [5.74, 6) is 1.29. The first-order valence-corrected chi connectivity index (χ1v) is 11.5. The number of nitrogens with one attached hydrogen (secondary N) is 1. The molecule has 1 atom stereocenters. The van der Waals surface area contributed by atoms with Crippen LogP contribution in [0.2, 0.25) is 10.0 Å². The van der Waals surface area contributed by atoms with Crippen LogP contribution >= 0.6 is 23.2 Å². The van der Waals surface area contributed by atoms with Crippen LogP contribution in [-0.4, -0.2) is 22.1 Å². The highest BCUT2D eigenvalue weighted by atomic mass is 35.5. The molecule has 1 N–H and O–H groups in total. The van der Waals surface area contributed by atoms with Gasteiger partial charge in [0.05, 0.1) is 34.2 Å². The van der Waals surface area contributed by atoms with Crippen LogP contribution in [0.4, 0.5) is 0 Å². The Labute approximate surface area is 203 Å². The molecule has 0 saturated heterocycles.